The monoisotopic (exact) mass is 400 g/mol. The molecule has 0 unspecified atom stereocenters. The molecule has 1 aromatic heterocycles. The molecule has 0 aliphatic carbocycles. The van der Waals surface area contributed by atoms with Crippen LogP contribution in [0.5, 0.6) is 17.4 Å². The van der Waals surface area contributed by atoms with Crippen molar-refractivity contribution in [3.8, 4) is 17.4 Å². The van der Waals surface area contributed by atoms with Crippen LogP contribution < -0.4 is 9.47 Å². The normalized spacial score (nSPS) is 11.9. The molecule has 0 saturated carbocycles. The van der Waals surface area contributed by atoms with Crippen molar-refractivity contribution in [3.63, 3.8) is 0 Å². The SMILES string of the molecule is C=Cc1c(COC)nn(C)c1Oc1cc(O[C@@H](C)C(=O)O)c(Cl)cc1Cl. The van der Waals surface area contributed by atoms with E-state index in [2.05, 4.69) is 11.7 Å². The summed E-state index contributed by atoms with van der Waals surface area (Å²) in [4.78, 5) is 11.0. The number of rotatable bonds is 8. The van der Waals surface area contributed by atoms with Gasteiger partial charge in [0.1, 0.15) is 5.75 Å². The highest BCUT2D eigenvalue weighted by molar-refractivity contribution is 6.36. The highest BCUT2D eigenvalue weighted by Crippen LogP contribution is 2.39. The number of methoxy groups -OCH3 is 1. The number of benzene rings is 1. The minimum atomic E-state index is -1.12. The van der Waals surface area contributed by atoms with Crippen LogP contribution >= 0.6 is 23.2 Å². The van der Waals surface area contributed by atoms with Crippen LogP contribution in [-0.2, 0) is 23.2 Å². The van der Waals surface area contributed by atoms with E-state index in [1.165, 1.54) is 23.7 Å². The molecule has 1 heterocycles. The maximum Gasteiger partial charge on any atom is 0.344 e. The number of ether oxygens (including phenoxy) is 3. The van der Waals surface area contributed by atoms with E-state index in [9.17, 15) is 4.79 Å². The Labute approximate surface area is 160 Å². The van der Waals surface area contributed by atoms with Crippen LogP contribution in [0.15, 0.2) is 18.7 Å². The molecule has 1 N–H and O–H groups in total. The zero-order valence-corrected chi connectivity index (χ0v) is 16.0. The highest BCUT2D eigenvalue weighted by atomic mass is 35.5. The number of carbonyl (C=O) groups is 1. The van der Waals surface area contributed by atoms with Crippen molar-refractivity contribution < 1.29 is 24.1 Å². The largest absolute Gasteiger partial charge is 0.479 e. The summed E-state index contributed by atoms with van der Waals surface area (Å²) in [6.45, 7) is 5.45. The van der Waals surface area contributed by atoms with E-state index in [0.29, 0.717) is 17.1 Å². The molecule has 1 aromatic carbocycles. The van der Waals surface area contributed by atoms with Crippen LogP contribution in [-0.4, -0.2) is 34.1 Å². The molecule has 2 aromatic rings. The summed E-state index contributed by atoms with van der Waals surface area (Å²) >= 11 is 12.3. The van der Waals surface area contributed by atoms with Crippen LogP contribution in [0.2, 0.25) is 10.0 Å². The van der Waals surface area contributed by atoms with Crippen molar-refractivity contribution >= 4 is 35.2 Å². The lowest BCUT2D eigenvalue weighted by Gasteiger charge is -2.15. The van der Waals surface area contributed by atoms with Gasteiger partial charge in [0.15, 0.2) is 11.9 Å². The Morgan fingerprint density at radius 2 is 2.04 bits per heavy atom. The Bertz CT molecular complexity index is 835. The van der Waals surface area contributed by atoms with Gasteiger partial charge in [0.05, 0.1) is 27.9 Å². The maximum atomic E-state index is 11.0. The maximum absolute atomic E-state index is 11.0. The van der Waals surface area contributed by atoms with E-state index in [0.717, 1.165) is 0 Å². The van der Waals surface area contributed by atoms with E-state index in [4.69, 9.17) is 42.5 Å². The van der Waals surface area contributed by atoms with Crippen molar-refractivity contribution in [2.75, 3.05) is 7.11 Å². The third kappa shape index (κ3) is 4.30. The van der Waals surface area contributed by atoms with Gasteiger partial charge in [-0.15, -0.1) is 0 Å². The van der Waals surface area contributed by atoms with Crippen molar-refractivity contribution in [2.45, 2.75) is 19.6 Å². The number of aromatic nitrogens is 2. The summed E-state index contributed by atoms with van der Waals surface area (Å²) in [5, 5.41) is 13.7. The third-order valence-corrected chi connectivity index (χ3v) is 4.03. The first-order valence-electron chi connectivity index (χ1n) is 7.52. The number of aryl methyl sites for hydroxylation is 1. The van der Waals surface area contributed by atoms with Crippen LogP contribution in [0.25, 0.3) is 6.08 Å². The summed E-state index contributed by atoms with van der Waals surface area (Å²) < 4.78 is 17.9. The predicted molar refractivity (Wildman–Crippen MR) is 98.3 cm³/mol. The molecule has 1 atom stereocenters. The molecule has 7 nitrogen and oxygen atoms in total. The summed E-state index contributed by atoms with van der Waals surface area (Å²) in [6, 6.07) is 2.85. The minimum absolute atomic E-state index is 0.139. The second kappa shape index (κ2) is 8.44. The van der Waals surface area contributed by atoms with Crippen LogP contribution in [0.3, 0.4) is 0 Å². The molecule has 0 aliphatic heterocycles. The van der Waals surface area contributed by atoms with E-state index < -0.39 is 12.1 Å². The zero-order valence-electron chi connectivity index (χ0n) is 14.5. The standard InChI is InChI=1S/C17H18Cl2N2O5/c1-5-10-13(8-24-4)20-21(3)16(10)26-15-7-14(11(18)6-12(15)19)25-9(2)17(22)23/h5-7,9H,1,8H2,2-4H3,(H,22,23)/t9-/m0/s1. The molecule has 0 radical (unpaired) electrons. The number of carboxylic acids is 1. The van der Waals surface area contributed by atoms with Crippen LogP contribution in [0, 0.1) is 0 Å². The summed E-state index contributed by atoms with van der Waals surface area (Å²) in [6.07, 6.45) is 0.514. The first-order valence-corrected chi connectivity index (χ1v) is 8.27. The molecular formula is C17H18Cl2N2O5. The fourth-order valence-electron chi connectivity index (χ4n) is 2.17. The van der Waals surface area contributed by atoms with Crippen molar-refractivity contribution in [1.29, 1.82) is 0 Å². The number of aliphatic carboxylic acids is 1. The molecule has 26 heavy (non-hydrogen) atoms. The Kier molecular flexibility index (Phi) is 6.52. The molecule has 0 aliphatic rings. The van der Waals surface area contributed by atoms with Crippen LogP contribution in [0.1, 0.15) is 18.2 Å². The van der Waals surface area contributed by atoms with Crippen molar-refractivity contribution in [2.24, 2.45) is 7.05 Å². The van der Waals surface area contributed by atoms with Gasteiger partial charge in [0, 0.05) is 20.2 Å². The third-order valence-electron chi connectivity index (χ3n) is 3.44. The molecule has 0 saturated heterocycles. The van der Waals surface area contributed by atoms with E-state index in [1.54, 1.807) is 20.2 Å². The fourth-order valence-corrected chi connectivity index (χ4v) is 2.64. The molecular weight excluding hydrogens is 383 g/mol. The van der Waals surface area contributed by atoms with Crippen molar-refractivity contribution in [1.82, 2.24) is 9.78 Å². The summed E-state index contributed by atoms with van der Waals surface area (Å²) in [5.41, 5.74) is 1.31. The van der Waals surface area contributed by atoms with Gasteiger partial charge in [-0.2, -0.15) is 5.10 Å². The molecule has 9 heteroatoms. The Hall–Kier alpha value is -2.22. The summed E-state index contributed by atoms with van der Waals surface area (Å²) in [7, 11) is 3.26. The lowest BCUT2D eigenvalue weighted by molar-refractivity contribution is -0.144. The molecule has 0 amide bonds. The van der Waals surface area contributed by atoms with Gasteiger partial charge >= 0.3 is 5.97 Å². The Balaban J connectivity index is 2.41. The average molecular weight is 401 g/mol. The number of hydrogen-bond donors (Lipinski definition) is 1. The van der Waals surface area contributed by atoms with Gasteiger partial charge in [-0.1, -0.05) is 35.9 Å². The summed E-state index contributed by atoms with van der Waals surface area (Å²) in [5.74, 6) is -0.351. The Morgan fingerprint density at radius 1 is 1.38 bits per heavy atom. The van der Waals surface area contributed by atoms with Gasteiger partial charge in [-0.25, -0.2) is 9.48 Å². The number of nitrogens with zero attached hydrogens (tertiary/aromatic N) is 2. The number of halogens is 2. The first-order chi connectivity index (χ1) is 12.3. The lowest BCUT2D eigenvalue weighted by atomic mass is 10.2. The van der Waals surface area contributed by atoms with E-state index in [1.807, 2.05) is 0 Å². The molecule has 0 fully saturated rings. The molecule has 0 spiro atoms. The number of carboxylic acid groups (broad SMARTS) is 1. The fraction of sp³-hybridized carbons (Fsp3) is 0.294. The van der Waals surface area contributed by atoms with Crippen LogP contribution in [0.4, 0.5) is 0 Å². The van der Waals surface area contributed by atoms with Crippen molar-refractivity contribution in [3.05, 3.63) is 40.0 Å². The lowest BCUT2D eigenvalue weighted by Crippen LogP contribution is -2.23. The molecule has 0 bridgehead atoms. The van der Waals surface area contributed by atoms with Gasteiger partial charge in [0.2, 0.25) is 5.88 Å². The quantitative estimate of drug-likeness (QED) is 0.715. The molecule has 140 valence electrons. The second-order valence-electron chi connectivity index (χ2n) is 5.34. The minimum Gasteiger partial charge on any atom is -0.479 e. The predicted octanol–water partition coefficient (Wildman–Crippen LogP) is 4.16. The highest BCUT2D eigenvalue weighted by Gasteiger charge is 2.20. The van der Waals surface area contributed by atoms with Gasteiger partial charge < -0.3 is 19.3 Å². The van der Waals surface area contributed by atoms with E-state index in [-0.39, 0.29) is 28.2 Å². The van der Waals surface area contributed by atoms with Gasteiger partial charge in [-0.3, -0.25) is 0 Å². The average Bonchev–Trinajstić information content (AvgIpc) is 2.86. The van der Waals surface area contributed by atoms with E-state index >= 15 is 0 Å². The Morgan fingerprint density at radius 3 is 2.62 bits per heavy atom. The van der Waals surface area contributed by atoms with Gasteiger partial charge in [-0.05, 0) is 13.0 Å². The number of hydrogen-bond acceptors (Lipinski definition) is 5. The zero-order chi connectivity index (χ0) is 19.4. The van der Waals surface area contributed by atoms with Gasteiger partial charge in [0.25, 0.3) is 0 Å². The second-order valence-corrected chi connectivity index (χ2v) is 6.15. The first kappa shape index (κ1) is 20.1. The smallest absolute Gasteiger partial charge is 0.344 e. The molecule has 2 rings (SSSR count). The topological polar surface area (TPSA) is 82.8 Å².